The van der Waals surface area contributed by atoms with Gasteiger partial charge in [0.15, 0.2) is 6.10 Å². The molecule has 1 N–H and O–H groups in total. The van der Waals surface area contributed by atoms with Gasteiger partial charge in [0.05, 0.1) is 6.61 Å². The van der Waals surface area contributed by atoms with Gasteiger partial charge < -0.3 is 14.6 Å². The first-order chi connectivity index (χ1) is 38.6. The fraction of sp³-hybridized carbons (Fsp3) is 0.699. The third kappa shape index (κ3) is 64.8. The highest BCUT2D eigenvalue weighted by atomic mass is 16.6. The van der Waals surface area contributed by atoms with E-state index in [9.17, 15) is 14.7 Å². The summed E-state index contributed by atoms with van der Waals surface area (Å²) in [4.78, 5) is 24.6. The molecule has 0 spiro atoms. The minimum Gasteiger partial charge on any atom is -0.462 e. The van der Waals surface area contributed by atoms with Crippen LogP contribution in [-0.2, 0) is 19.1 Å². The first-order valence-electron chi connectivity index (χ1n) is 33.1. The van der Waals surface area contributed by atoms with E-state index in [1.165, 1.54) is 180 Å². The molecule has 0 bridgehead atoms. The number of unbranched alkanes of at least 4 members (excludes halogenated alkanes) is 32. The zero-order valence-electron chi connectivity index (χ0n) is 51.1. The number of carbonyl (C=O) groups excluding carboxylic acids is 2. The molecule has 0 aromatic carbocycles. The van der Waals surface area contributed by atoms with Gasteiger partial charge in [-0.05, 0) is 103 Å². The molecule has 5 nitrogen and oxygen atoms in total. The van der Waals surface area contributed by atoms with Crippen molar-refractivity contribution in [3.8, 4) is 0 Å². The van der Waals surface area contributed by atoms with Crippen LogP contribution in [0.3, 0.4) is 0 Å². The van der Waals surface area contributed by atoms with Crippen molar-refractivity contribution in [2.24, 2.45) is 0 Å². The minimum atomic E-state index is -0.781. The van der Waals surface area contributed by atoms with Gasteiger partial charge in [-0.3, -0.25) is 9.59 Å². The molecule has 0 aliphatic heterocycles. The number of ether oxygens (including phenoxy) is 2. The molecule has 1 unspecified atom stereocenters. The quantitative estimate of drug-likeness (QED) is 0.0373. The zero-order valence-corrected chi connectivity index (χ0v) is 51.1. The van der Waals surface area contributed by atoms with Crippen molar-refractivity contribution in [3.05, 3.63) is 122 Å². The summed E-state index contributed by atoms with van der Waals surface area (Å²) >= 11 is 0. The molecule has 0 aromatic heterocycles. The summed E-state index contributed by atoms with van der Waals surface area (Å²) in [6.07, 6.45) is 99.2. The maximum absolute atomic E-state index is 12.3. The molecule has 78 heavy (non-hydrogen) atoms. The van der Waals surface area contributed by atoms with Crippen LogP contribution in [0.15, 0.2) is 122 Å². The second-order valence-electron chi connectivity index (χ2n) is 21.8. The molecule has 1 atom stereocenters. The highest BCUT2D eigenvalue weighted by molar-refractivity contribution is 5.70. The Morgan fingerprint density at radius 1 is 0.295 bits per heavy atom. The molecule has 0 saturated carbocycles. The summed E-state index contributed by atoms with van der Waals surface area (Å²) in [6, 6.07) is 0. The van der Waals surface area contributed by atoms with E-state index in [4.69, 9.17) is 9.47 Å². The molecular formula is C73H124O5. The van der Waals surface area contributed by atoms with Crippen LogP contribution < -0.4 is 0 Å². The number of aliphatic hydroxyl groups excluding tert-OH is 1. The summed E-state index contributed by atoms with van der Waals surface area (Å²) in [5, 5.41) is 9.69. The van der Waals surface area contributed by atoms with E-state index in [0.717, 1.165) is 103 Å². The number of esters is 2. The molecule has 446 valence electrons. The smallest absolute Gasteiger partial charge is 0.306 e. The summed E-state index contributed by atoms with van der Waals surface area (Å²) in [7, 11) is 0. The average molecular weight is 1080 g/mol. The fourth-order valence-corrected chi connectivity index (χ4v) is 9.38. The highest BCUT2D eigenvalue weighted by Crippen LogP contribution is 2.17. The van der Waals surface area contributed by atoms with Crippen LogP contribution in [0.5, 0.6) is 0 Å². The molecular weight excluding hydrogens is 957 g/mol. The van der Waals surface area contributed by atoms with Crippen molar-refractivity contribution in [2.75, 3.05) is 13.2 Å². The van der Waals surface area contributed by atoms with Crippen LogP contribution in [0.4, 0.5) is 0 Å². The van der Waals surface area contributed by atoms with Crippen molar-refractivity contribution < 1.29 is 24.2 Å². The molecule has 0 saturated heterocycles. The number of allylic oxidation sites excluding steroid dienone is 20. The molecule has 0 fully saturated rings. The van der Waals surface area contributed by atoms with E-state index in [1.54, 1.807) is 0 Å². The molecule has 0 heterocycles. The Bertz CT molecular complexity index is 1550. The van der Waals surface area contributed by atoms with Gasteiger partial charge in [0.1, 0.15) is 6.61 Å². The molecule has 0 radical (unpaired) electrons. The Kier molecular flexibility index (Phi) is 64.4. The summed E-state index contributed by atoms with van der Waals surface area (Å²) in [6.45, 7) is 3.93. The van der Waals surface area contributed by atoms with Gasteiger partial charge in [-0.1, -0.05) is 315 Å². The maximum Gasteiger partial charge on any atom is 0.306 e. The van der Waals surface area contributed by atoms with Crippen molar-refractivity contribution in [2.45, 2.75) is 315 Å². The van der Waals surface area contributed by atoms with Crippen LogP contribution in [0.25, 0.3) is 0 Å². The molecule has 0 rings (SSSR count). The Balaban J connectivity index is 3.47. The second kappa shape index (κ2) is 67.6. The van der Waals surface area contributed by atoms with Crippen molar-refractivity contribution in [1.29, 1.82) is 0 Å². The normalized spacial score (nSPS) is 13.0. The topological polar surface area (TPSA) is 72.8 Å². The number of aliphatic hydroxyl groups is 1. The molecule has 5 heteroatoms. The summed E-state index contributed by atoms with van der Waals surface area (Å²) < 4.78 is 10.7. The summed E-state index contributed by atoms with van der Waals surface area (Å²) in [5.74, 6) is -0.589. The van der Waals surface area contributed by atoms with Gasteiger partial charge in [0, 0.05) is 12.8 Å². The fourth-order valence-electron chi connectivity index (χ4n) is 9.38. The molecule has 0 aliphatic rings. The molecule has 0 aromatic rings. The first-order valence-corrected chi connectivity index (χ1v) is 33.1. The number of hydrogen-bond donors (Lipinski definition) is 1. The van der Waals surface area contributed by atoms with Gasteiger partial charge in [0.2, 0.25) is 0 Å². The lowest BCUT2D eigenvalue weighted by atomic mass is 10.0. The maximum atomic E-state index is 12.3. The van der Waals surface area contributed by atoms with E-state index in [-0.39, 0.29) is 25.2 Å². The zero-order chi connectivity index (χ0) is 56.2. The standard InChI is InChI=1S/C73H124O5/c1-3-5-7-9-11-13-15-17-19-21-23-25-27-29-31-33-34-35-36-37-38-40-41-43-45-47-49-51-53-55-57-59-61-63-65-67-72(75)77-70-71(69-74)78-73(76)68-66-64-62-60-58-56-54-52-50-48-46-44-42-39-32-30-28-26-24-22-20-18-16-14-12-10-8-6-4-2/h5-8,11-14,17-20,23-26,30,32,42,44,71,74H,3-4,9-10,15-16,21-22,27-29,31,33-41,43,45-70H2,1-2H3/b7-5-,8-6-,13-11-,14-12-,19-17-,20-18-,25-23-,26-24-,32-30-,44-42-. The van der Waals surface area contributed by atoms with Crippen molar-refractivity contribution in [3.63, 3.8) is 0 Å². The third-order valence-electron chi connectivity index (χ3n) is 14.3. The van der Waals surface area contributed by atoms with Gasteiger partial charge in [0.25, 0.3) is 0 Å². The lowest BCUT2D eigenvalue weighted by Gasteiger charge is -2.15. The Morgan fingerprint density at radius 3 is 0.769 bits per heavy atom. The SMILES string of the molecule is CC/C=C\C/C=C\C/C=C\C/C=C\C/C=C\C/C=C\CCCCCCCCCCCCC(=O)OC(CO)COC(=O)CCCCCCCCCCCCCCCCCCCCCCCC/C=C\C/C=C\C/C=C\C/C=C\CC. The Morgan fingerprint density at radius 2 is 0.513 bits per heavy atom. The number of rotatable bonds is 60. The van der Waals surface area contributed by atoms with Crippen LogP contribution >= 0.6 is 0 Å². The predicted molar refractivity (Wildman–Crippen MR) is 343 cm³/mol. The Labute approximate surface area is 483 Å². The Hall–Kier alpha value is -3.70. The summed E-state index contributed by atoms with van der Waals surface area (Å²) in [5.41, 5.74) is 0. The average Bonchev–Trinajstić information content (AvgIpc) is 3.44. The van der Waals surface area contributed by atoms with Crippen molar-refractivity contribution >= 4 is 11.9 Å². The second-order valence-corrected chi connectivity index (χ2v) is 21.8. The van der Waals surface area contributed by atoms with E-state index >= 15 is 0 Å². The number of hydrogen-bond acceptors (Lipinski definition) is 5. The van der Waals surface area contributed by atoms with Crippen molar-refractivity contribution in [1.82, 2.24) is 0 Å². The number of carbonyl (C=O) groups is 2. The monoisotopic (exact) mass is 1080 g/mol. The van der Waals surface area contributed by atoms with E-state index in [1.807, 2.05) is 0 Å². The van der Waals surface area contributed by atoms with Crippen LogP contribution in [0.2, 0.25) is 0 Å². The van der Waals surface area contributed by atoms with Gasteiger partial charge in [-0.2, -0.15) is 0 Å². The molecule has 0 aliphatic carbocycles. The predicted octanol–water partition coefficient (Wildman–Crippen LogP) is 23.0. The largest absolute Gasteiger partial charge is 0.462 e. The lowest BCUT2D eigenvalue weighted by Crippen LogP contribution is -2.28. The van der Waals surface area contributed by atoms with Gasteiger partial charge in [-0.25, -0.2) is 0 Å². The molecule has 0 amide bonds. The van der Waals surface area contributed by atoms with Gasteiger partial charge >= 0.3 is 11.9 Å². The lowest BCUT2D eigenvalue weighted by molar-refractivity contribution is -0.161. The van der Waals surface area contributed by atoms with Crippen LogP contribution in [-0.4, -0.2) is 36.4 Å². The first kappa shape index (κ1) is 74.3. The third-order valence-corrected chi connectivity index (χ3v) is 14.3. The highest BCUT2D eigenvalue weighted by Gasteiger charge is 2.16. The van der Waals surface area contributed by atoms with E-state index < -0.39 is 6.10 Å². The van der Waals surface area contributed by atoms with Crippen LogP contribution in [0, 0.1) is 0 Å². The van der Waals surface area contributed by atoms with E-state index in [0.29, 0.717) is 12.8 Å². The minimum absolute atomic E-state index is 0.0700. The van der Waals surface area contributed by atoms with E-state index in [2.05, 4.69) is 135 Å². The van der Waals surface area contributed by atoms with Gasteiger partial charge in [-0.15, -0.1) is 0 Å². The van der Waals surface area contributed by atoms with Crippen LogP contribution in [0.1, 0.15) is 309 Å².